The molecule has 20 heavy (non-hydrogen) atoms. The Hall–Kier alpha value is -1.33. The highest BCUT2D eigenvalue weighted by Gasteiger charge is 2.20. The van der Waals surface area contributed by atoms with Crippen molar-refractivity contribution in [2.24, 2.45) is 0 Å². The summed E-state index contributed by atoms with van der Waals surface area (Å²) >= 11 is 9.32. The minimum absolute atomic E-state index is 0.134. The van der Waals surface area contributed by atoms with Gasteiger partial charge in [-0.05, 0) is 25.1 Å². The Kier molecular flexibility index (Phi) is 6.75. The Morgan fingerprint density at radius 3 is 2.75 bits per heavy atom. The molecule has 0 N–H and O–H groups in total. The third-order valence-corrected chi connectivity index (χ3v) is 3.23. The van der Waals surface area contributed by atoms with Gasteiger partial charge in [-0.1, -0.05) is 33.6 Å². The van der Waals surface area contributed by atoms with Gasteiger partial charge in [0.1, 0.15) is 6.54 Å². The first-order valence-electron chi connectivity index (χ1n) is 6.00. The molecular weight excluding hydrogens is 346 g/mol. The molecule has 0 bridgehead atoms. The van der Waals surface area contributed by atoms with E-state index in [1.165, 1.54) is 4.90 Å². The van der Waals surface area contributed by atoms with Crippen LogP contribution in [0.2, 0.25) is 5.02 Å². The smallest absolute Gasteiger partial charge is 0.325 e. The van der Waals surface area contributed by atoms with Crippen LogP contribution in [0.1, 0.15) is 17.3 Å². The summed E-state index contributed by atoms with van der Waals surface area (Å²) in [4.78, 5) is 25.2. The number of esters is 1. The third-order valence-electron chi connectivity index (χ3n) is 2.42. The Balaban J connectivity index is 2.93. The van der Waals surface area contributed by atoms with E-state index < -0.39 is 5.97 Å². The number of ether oxygens (including phenoxy) is 1. The molecular formula is C14H15BrClNO3. The molecule has 0 saturated carbocycles. The molecule has 1 amide bonds. The zero-order valence-electron chi connectivity index (χ0n) is 11.1. The lowest BCUT2D eigenvalue weighted by molar-refractivity contribution is -0.143. The first kappa shape index (κ1) is 16.7. The Morgan fingerprint density at radius 2 is 2.20 bits per heavy atom. The Bertz CT molecular complexity index is 519. The number of rotatable bonds is 6. The van der Waals surface area contributed by atoms with Crippen LogP contribution in [0.4, 0.5) is 0 Å². The van der Waals surface area contributed by atoms with E-state index in [2.05, 4.69) is 22.5 Å². The van der Waals surface area contributed by atoms with Gasteiger partial charge in [0.15, 0.2) is 0 Å². The quantitative estimate of drug-likeness (QED) is 0.578. The largest absolute Gasteiger partial charge is 0.465 e. The number of benzene rings is 1. The van der Waals surface area contributed by atoms with Gasteiger partial charge in [0, 0.05) is 11.0 Å². The van der Waals surface area contributed by atoms with Crippen LogP contribution in [0, 0.1) is 0 Å². The molecule has 108 valence electrons. The van der Waals surface area contributed by atoms with E-state index in [0.717, 1.165) is 4.47 Å². The summed E-state index contributed by atoms with van der Waals surface area (Å²) in [5, 5.41) is 0.322. The summed E-state index contributed by atoms with van der Waals surface area (Å²) in [5.41, 5.74) is 0.334. The van der Waals surface area contributed by atoms with Crippen LogP contribution < -0.4 is 0 Å². The molecule has 0 aromatic heterocycles. The summed E-state index contributed by atoms with van der Waals surface area (Å²) < 4.78 is 5.62. The average Bonchev–Trinajstić information content (AvgIpc) is 2.38. The predicted octanol–water partition coefficient (Wildman–Crippen LogP) is 3.29. The molecule has 6 heteroatoms. The fraction of sp³-hybridized carbons (Fsp3) is 0.286. The second kappa shape index (κ2) is 8.07. The van der Waals surface area contributed by atoms with Gasteiger partial charge in [0.25, 0.3) is 5.91 Å². The van der Waals surface area contributed by atoms with Crippen molar-refractivity contribution >= 4 is 39.4 Å². The van der Waals surface area contributed by atoms with Crippen LogP contribution in [-0.4, -0.2) is 36.5 Å². The Labute approximate surface area is 131 Å². The maximum Gasteiger partial charge on any atom is 0.325 e. The molecule has 1 aromatic rings. The lowest BCUT2D eigenvalue weighted by Crippen LogP contribution is -2.36. The molecule has 0 atom stereocenters. The molecule has 0 radical (unpaired) electrons. The van der Waals surface area contributed by atoms with E-state index >= 15 is 0 Å². The van der Waals surface area contributed by atoms with Crippen LogP contribution in [0.3, 0.4) is 0 Å². The van der Waals surface area contributed by atoms with Crippen molar-refractivity contribution in [1.29, 1.82) is 0 Å². The molecule has 0 spiro atoms. The lowest BCUT2D eigenvalue weighted by atomic mass is 10.2. The standard InChI is InChI=1S/C14H15BrClNO3/c1-3-7-17(9-13(18)20-4-2)14(19)11-6-5-10(15)8-12(11)16/h3,5-6,8H,1,4,7,9H2,2H3. The van der Waals surface area contributed by atoms with Crippen LogP contribution >= 0.6 is 27.5 Å². The van der Waals surface area contributed by atoms with Crippen molar-refractivity contribution in [3.05, 3.63) is 45.9 Å². The van der Waals surface area contributed by atoms with Crippen molar-refractivity contribution in [2.45, 2.75) is 6.92 Å². The predicted molar refractivity (Wildman–Crippen MR) is 81.9 cm³/mol. The van der Waals surface area contributed by atoms with Crippen LogP contribution in [-0.2, 0) is 9.53 Å². The molecule has 0 unspecified atom stereocenters. The van der Waals surface area contributed by atoms with E-state index in [1.807, 2.05) is 0 Å². The van der Waals surface area contributed by atoms with Gasteiger partial charge in [-0.3, -0.25) is 9.59 Å². The topological polar surface area (TPSA) is 46.6 Å². The molecule has 0 fully saturated rings. The highest BCUT2D eigenvalue weighted by atomic mass is 79.9. The Morgan fingerprint density at radius 1 is 1.50 bits per heavy atom. The number of amides is 1. The summed E-state index contributed by atoms with van der Waals surface area (Å²) in [6.45, 7) is 5.67. The van der Waals surface area contributed by atoms with Gasteiger partial charge in [-0.25, -0.2) is 0 Å². The number of halogens is 2. The third kappa shape index (κ3) is 4.65. The van der Waals surface area contributed by atoms with E-state index in [1.54, 1.807) is 31.2 Å². The molecule has 0 heterocycles. The second-order valence-electron chi connectivity index (χ2n) is 3.90. The zero-order valence-corrected chi connectivity index (χ0v) is 13.4. The minimum Gasteiger partial charge on any atom is -0.465 e. The van der Waals surface area contributed by atoms with Crippen molar-refractivity contribution in [3.63, 3.8) is 0 Å². The van der Waals surface area contributed by atoms with Crippen molar-refractivity contribution in [2.75, 3.05) is 19.7 Å². The monoisotopic (exact) mass is 359 g/mol. The maximum atomic E-state index is 12.4. The number of nitrogens with zero attached hydrogens (tertiary/aromatic N) is 1. The minimum atomic E-state index is -0.462. The van der Waals surface area contributed by atoms with Crippen molar-refractivity contribution in [1.82, 2.24) is 4.90 Å². The maximum absolute atomic E-state index is 12.4. The molecule has 0 aliphatic heterocycles. The highest BCUT2D eigenvalue weighted by Crippen LogP contribution is 2.22. The van der Waals surface area contributed by atoms with E-state index in [4.69, 9.17) is 16.3 Å². The second-order valence-corrected chi connectivity index (χ2v) is 5.23. The van der Waals surface area contributed by atoms with E-state index in [0.29, 0.717) is 10.6 Å². The number of hydrogen-bond acceptors (Lipinski definition) is 3. The van der Waals surface area contributed by atoms with E-state index in [9.17, 15) is 9.59 Å². The van der Waals surface area contributed by atoms with Crippen molar-refractivity contribution in [3.8, 4) is 0 Å². The molecule has 0 saturated heterocycles. The zero-order chi connectivity index (χ0) is 15.1. The SMILES string of the molecule is C=CCN(CC(=O)OCC)C(=O)c1ccc(Br)cc1Cl. The summed E-state index contributed by atoms with van der Waals surface area (Å²) in [6, 6.07) is 4.96. The van der Waals surface area contributed by atoms with Crippen LogP contribution in [0.5, 0.6) is 0 Å². The number of carbonyl (C=O) groups excluding carboxylic acids is 2. The first-order valence-corrected chi connectivity index (χ1v) is 7.17. The average molecular weight is 361 g/mol. The fourth-order valence-corrected chi connectivity index (χ4v) is 2.33. The van der Waals surface area contributed by atoms with Gasteiger partial charge in [0.2, 0.25) is 0 Å². The van der Waals surface area contributed by atoms with Gasteiger partial charge < -0.3 is 9.64 Å². The summed E-state index contributed by atoms with van der Waals surface area (Å²) in [6.07, 6.45) is 1.55. The summed E-state index contributed by atoms with van der Waals surface area (Å²) in [7, 11) is 0. The number of carbonyl (C=O) groups is 2. The normalized spacial score (nSPS) is 9.95. The molecule has 1 rings (SSSR count). The van der Waals surface area contributed by atoms with Gasteiger partial charge in [0.05, 0.1) is 17.2 Å². The molecule has 0 aliphatic carbocycles. The molecule has 1 aromatic carbocycles. The first-order chi connectivity index (χ1) is 9.49. The van der Waals surface area contributed by atoms with Gasteiger partial charge >= 0.3 is 5.97 Å². The van der Waals surface area contributed by atoms with Crippen LogP contribution in [0.15, 0.2) is 35.3 Å². The van der Waals surface area contributed by atoms with Gasteiger partial charge in [-0.15, -0.1) is 6.58 Å². The lowest BCUT2D eigenvalue weighted by Gasteiger charge is -2.20. The van der Waals surface area contributed by atoms with E-state index in [-0.39, 0.29) is 25.6 Å². The molecule has 4 nitrogen and oxygen atoms in total. The highest BCUT2D eigenvalue weighted by molar-refractivity contribution is 9.10. The van der Waals surface area contributed by atoms with Crippen LogP contribution in [0.25, 0.3) is 0 Å². The van der Waals surface area contributed by atoms with Gasteiger partial charge in [-0.2, -0.15) is 0 Å². The van der Waals surface area contributed by atoms with Crippen molar-refractivity contribution < 1.29 is 14.3 Å². The molecule has 0 aliphatic rings. The summed E-state index contributed by atoms with van der Waals surface area (Å²) in [5.74, 6) is -0.800. The number of hydrogen-bond donors (Lipinski definition) is 0. The fourth-order valence-electron chi connectivity index (χ4n) is 1.57.